The first-order valence-electron chi connectivity index (χ1n) is 4.79. The van der Waals surface area contributed by atoms with Gasteiger partial charge in [0.2, 0.25) is 0 Å². The summed E-state index contributed by atoms with van der Waals surface area (Å²) >= 11 is 0. The van der Waals surface area contributed by atoms with Gasteiger partial charge in [-0.2, -0.15) is 0 Å². The molecule has 0 radical (unpaired) electrons. The zero-order valence-electron chi connectivity index (χ0n) is 8.17. The molecule has 1 fully saturated rings. The van der Waals surface area contributed by atoms with Crippen LogP contribution in [0.1, 0.15) is 40.0 Å². The molecule has 12 heavy (non-hydrogen) atoms. The van der Waals surface area contributed by atoms with Crippen LogP contribution >= 0.6 is 0 Å². The van der Waals surface area contributed by atoms with Crippen molar-refractivity contribution in [2.45, 2.75) is 46.1 Å². The van der Waals surface area contributed by atoms with Gasteiger partial charge in [-0.1, -0.05) is 13.8 Å². The fourth-order valence-electron chi connectivity index (χ4n) is 1.67. The summed E-state index contributed by atoms with van der Waals surface area (Å²) in [6.07, 6.45) is 2.89. The van der Waals surface area contributed by atoms with E-state index in [0.29, 0.717) is 18.3 Å². The summed E-state index contributed by atoms with van der Waals surface area (Å²) < 4.78 is 5.15. The first-order chi connectivity index (χ1) is 5.59. The highest BCUT2D eigenvalue weighted by Crippen LogP contribution is 2.26. The minimum Gasteiger partial charge on any atom is -0.463 e. The van der Waals surface area contributed by atoms with Gasteiger partial charge in [-0.05, 0) is 31.6 Å². The molecule has 0 aromatic heterocycles. The second kappa shape index (κ2) is 3.92. The third-order valence-corrected chi connectivity index (χ3v) is 2.65. The maximum absolute atomic E-state index is 11.2. The molecule has 70 valence electrons. The number of hydrogen-bond donors (Lipinski definition) is 0. The molecule has 1 aliphatic rings. The Morgan fingerprint density at radius 3 is 2.67 bits per heavy atom. The van der Waals surface area contributed by atoms with Crippen molar-refractivity contribution in [3.63, 3.8) is 0 Å². The van der Waals surface area contributed by atoms with Gasteiger partial charge in [0, 0.05) is 6.42 Å². The maximum Gasteiger partial charge on any atom is 0.306 e. The average Bonchev–Trinajstić information content (AvgIpc) is 2.11. The van der Waals surface area contributed by atoms with Crippen molar-refractivity contribution in [3.05, 3.63) is 0 Å². The topological polar surface area (TPSA) is 26.3 Å². The van der Waals surface area contributed by atoms with Gasteiger partial charge in [0.05, 0.1) is 6.10 Å². The number of carbonyl (C=O) groups excluding carboxylic acids is 1. The Bertz CT molecular complexity index is 163. The Labute approximate surface area is 74.3 Å². The van der Waals surface area contributed by atoms with Crippen LogP contribution in [0, 0.1) is 11.8 Å². The van der Waals surface area contributed by atoms with E-state index in [4.69, 9.17) is 4.74 Å². The molecule has 0 N–H and O–H groups in total. The Balaban J connectivity index is 2.52. The van der Waals surface area contributed by atoms with Crippen molar-refractivity contribution in [2.75, 3.05) is 0 Å². The van der Waals surface area contributed by atoms with E-state index < -0.39 is 0 Å². The van der Waals surface area contributed by atoms with Crippen molar-refractivity contribution in [3.8, 4) is 0 Å². The molecule has 2 heteroatoms. The summed E-state index contributed by atoms with van der Waals surface area (Å²) in [7, 11) is 0. The molecule has 0 aliphatic carbocycles. The third-order valence-electron chi connectivity index (χ3n) is 2.65. The second-order valence-electron chi connectivity index (χ2n) is 4.09. The Kier molecular flexibility index (Phi) is 3.12. The molecule has 0 spiro atoms. The number of ether oxygens (including phenoxy) is 1. The molecule has 0 amide bonds. The number of carbonyl (C=O) groups is 1. The summed E-state index contributed by atoms with van der Waals surface area (Å²) in [5, 5.41) is 0. The standard InChI is InChI=1S/C10H18O2/c1-7(2)9-5-4-8(3)12-10(11)6-9/h7-9H,4-6H2,1-3H3. The van der Waals surface area contributed by atoms with Crippen LogP contribution in [0.2, 0.25) is 0 Å². The second-order valence-corrected chi connectivity index (χ2v) is 4.09. The number of esters is 1. The number of hydrogen-bond acceptors (Lipinski definition) is 2. The van der Waals surface area contributed by atoms with Crippen LogP contribution in [0.5, 0.6) is 0 Å². The lowest BCUT2D eigenvalue weighted by Gasteiger charge is -2.15. The SMILES string of the molecule is CC1CCC(C(C)C)CC(=O)O1. The van der Waals surface area contributed by atoms with E-state index in [1.165, 1.54) is 0 Å². The summed E-state index contributed by atoms with van der Waals surface area (Å²) in [6, 6.07) is 0. The van der Waals surface area contributed by atoms with Gasteiger partial charge in [-0.3, -0.25) is 4.79 Å². The van der Waals surface area contributed by atoms with E-state index in [0.717, 1.165) is 12.8 Å². The largest absolute Gasteiger partial charge is 0.463 e. The highest BCUT2D eigenvalue weighted by molar-refractivity contribution is 5.70. The predicted octanol–water partition coefficient (Wildman–Crippen LogP) is 2.37. The van der Waals surface area contributed by atoms with Crippen molar-refractivity contribution < 1.29 is 9.53 Å². The van der Waals surface area contributed by atoms with Crippen LogP contribution in [0.3, 0.4) is 0 Å². The molecule has 0 saturated carbocycles. The van der Waals surface area contributed by atoms with E-state index in [1.807, 2.05) is 6.92 Å². The molecule has 1 rings (SSSR count). The van der Waals surface area contributed by atoms with Crippen LogP contribution in [0.15, 0.2) is 0 Å². The van der Waals surface area contributed by atoms with Gasteiger partial charge in [0.25, 0.3) is 0 Å². The van der Waals surface area contributed by atoms with Crippen molar-refractivity contribution in [2.24, 2.45) is 11.8 Å². The molecule has 0 bridgehead atoms. The zero-order chi connectivity index (χ0) is 9.14. The quantitative estimate of drug-likeness (QED) is 0.565. The summed E-state index contributed by atoms with van der Waals surface area (Å²) in [5.41, 5.74) is 0. The molecule has 1 saturated heterocycles. The van der Waals surface area contributed by atoms with E-state index in [1.54, 1.807) is 0 Å². The minimum atomic E-state index is -0.0151. The average molecular weight is 170 g/mol. The van der Waals surface area contributed by atoms with Gasteiger partial charge < -0.3 is 4.74 Å². The van der Waals surface area contributed by atoms with E-state index >= 15 is 0 Å². The van der Waals surface area contributed by atoms with E-state index in [2.05, 4.69) is 13.8 Å². The Morgan fingerprint density at radius 1 is 1.42 bits per heavy atom. The molecular formula is C10H18O2. The summed E-state index contributed by atoms with van der Waals surface area (Å²) in [5.74, 6) is 1.11. The number of cyclic esters (lactones) is 1. The maximum atomic E-state index is 11.2. The normalized spacial score (nSPS) is 31.5. The van der Waals surface area contributed by atoms with Crippen LogP contribution in [0.4, 0.5) is 0 Å². The first kappa shape index (κ1) is 9.56. The van der Waals surface area contributed by atoms with Crippen LogP contribution in [-0.4, -0.2) is 12.1 Å². The lowest BCUT2D eigenvalue weighted by atomic mass is 9.88. The molecule has 0 aromatic rings. The number of rotatable bonds is 1. The molecule has 0 aromatic carbocycles. The van der Waals surface area contributed by atoms with Gasteiger partial charge in [0.15, 0.2) is 0 Å². The zero-order valence-corrected chi connectivity index (χ0v) is 8.17. The van der Waals surface area contributed by atoms with Gasteiger partial charge in [-0.15, -0.1) is 0 Å². The van der Waals surface area contributed by atoms with Gasteiger partial charge >= 0.3 is 5.97 Å². The van der Waals surface area contributed by atoms with Gasteiger partial charge in [0.1, 0.15) is 0 Å². The lowest BCUT2D eigenvalue weighted by Crippen LogP contribution is -2.13. The fourth-order valence-corrected chi connectivity index (χ4v) is 1.67. The lowest BCUT2D eigenvalue weighted by molar-refractivity contribution is -0.147. The van der Waals surface area contributed by atoms with E-state index in [-0.39, 0.29) is 12.1 Å². The monoisotopic (exact) mass is 170 g/mol. The molecule has 2 unspecified atom stereocenters. The van der Waals surface area contributed by atoms with Crippen molar-refractivity contribution >= 4 is 5.97 Å². The molecular weight excluding hydrogens is 152 g/mol. The van der Waals surface area contributed by atoms with Gasteiger partial charge in [-0.25, -0.2) is 0 Å². The minimum absolute atomic E-state index is 0.0151. The summed E-state index contributed by atoms with van der Waals surface area (Å²) in [6.45, 7) is 6.32. The molecule has 2 nitrogen and oxygen atoms in total. The van der Waals surface area contributed by atoms with Crippen molar-refractivity contribution in [1.29, 1.82) is 0 Å². The first-order valence-corrected chi connectivity index (χ1v) is 4.79. The van der Waals surface area contributed by atoms with Crippen LogP contribution in [0.25, 0.3) is 0 Å². The highest BCUT2D eigenvalue weighted by atomic mass is 16.5. The molecule has 1 aliphatic heterocycles. The summed E-state index contributed by atoms with van der Waals surface area (Å²) in [4.78, 5) is 11.2. The highest BCUT2D eigenvalue weighted by Gasteiger charge is 2.24. The van der Waals surface area contributed by atoms with E-state index in [9.17, 15) is 4.79 Å². The third kappa shape index (κ3) is 2.50. The van der Waals surface area contributed by atoms with Crippen LogP contribution < -0.4 is 0 Å². The Morgan fingerprint density at radius 2 is 2.08 bits per heavy atom. The smallest absolute Gasteiger partial charge is 0.306 e. The molecule has 2 atom stereocenters. The van der Waals surface area contributed by atoms with Crippen molar-refractivity contribution in [1.82, 2.24) is 0 Å². The molecule has 1 heterocycles. The fraction of sp³-hybridized carbons (Fsp3) is 0.900. The Hall–Kier alpha value is -0.530. The predicted molar refractivity (Wildman–Crippen MR) is 47.7 cm³/mol. The van der Waals surface area contributed by atoms with Crippen LogP contribution in [-0.2, 0) is 9.53 Å².